The molecule has 0 aliphatic carbocycles. The molecule has 1 aromatic heterocycles. The molecule has 0 radical (unpaired) electrons. The van der Waals surface area contributed by atoms with E-state index in [9.17, 15) is 5.11 Å². The second kappa shape index (κ2) is 9.07. The van der Waals surface area contributed by atoms with Crippen molar-refractivity contribution in [3.05, 3.63) is 29.8 Å². The number of aliphatic hydroxyl groups is 1. The normalized spacial score (nSPS) is 18.0. The number of anilines is 1. The minimum atomic E-state index is 0.266. The summed E-state index contributed by atoms with van der Waals surface area (Å²) in [5.41, 5.74) is 2.32. The van der Waals surface area contributed by atoms with Gasteiger partial charge in [0.1, 0.15) is 5.82 Å². The molecule has 2 N–H and O–H groups in total. The van der Waals surface area contributed by atoms with E-state index >= 15 is 0 Å². The monoisotopic (exact) mass is 373 g/mol. The minimum Gasteiger partial charge on any atom is -0.396 e. The van der Waals surface area contributed by atoms with Crippen molar-refractivity contribution in [2.75, 3.05) is 37.4 Å². The minimum absolute atomic E-state index is 0.266. The lowest BCUT2D eigenvalue weighted by molar-refractivity contribution is 0.208. The zero-order valence-corrected chi connectivity index (χ0v) is 17.0. The molecular formula is C21H31N3OS. The van der Waals surface area contributed by atoms with E-state index in [1.807, 2.05) is 0 Å². The predicted octanol–water partition coefficient (Wildman–Crippen LogP) is 3.91. The van der Waals surface area contributed by atoms with Crippen LogP contribution in [0.3, 0.4) is 0 Å². The zero-order valence-electron chi connectivity index (χ0n) is 16.2. The Labute approximate surface area is 161 Å². The average molecular weight is 374 g/mol. The highest BCUT2D eigenvalue weighted by Gasteiger charge is 2.22. The summed E-state index contributed by atoms with van der Waals surface area (Å²) in [6, 6.07) is 8.82. The molecule has 142 valence electrons. The van der Waals surface area contributed by atoms with E-state index in [4.69, 9.17) is 4.98 Å². The highest BCUT2D eigenvalue weighted by atomic mass is 32.2. The van der Waals surface area contributed by atoms with Crippen molar-refractivity contribution >= 4 is 28.5 Å². The van der Waals surface area contributed by atoms with Crippen LogP contribution < -0.4 is 10.2 Å². The van der Waals surface area contributed by atoms with Crippen molar-refractivity contribution in [2.24, 2.45) is 11.8 Å². The molecule has 2 aromatic rings. The first-order chi connectivity index (χ1) is 12.6. The lowest BCUT2D eigenvalue weighted by Crippen LogP contribution is -2.38. The summed E-state index contributed by atoms with van der Waals surface area (Å²) in [6.45, 7) is 8.48. The van der Waals surface area contributed by atoms with Crippen LogP contribution >= 0.6 is 11.8 Å². The smallest absolute Gasteiger partial charge is 0.133 e. The lowest BCUT2D eigenvalue weighted by atomic mass is 9.98. The Hall–Kier alpha value is -1.30. The molecule has 4 nitrogen and oxygen atoms in total. The number of nitrogens with zero attached hydrogens (tertiary/aromatic N) is 2. The number of nitrogens with one attached hydrogen (secondary N) is 1. The van der Waals surface area contributed by atoms with Gasteiger partial charge in [0.05, 0.1) is 5.52 Å². The molecule has 3 rings (SSSR count). The highest BCUT2D eigenvalue weighted by molar-refractivity contribution is 7.98. The van der Waals surface area contributed by atoms with Gasteiger partial charge in [0, 0.05) is 42.1 Å². The molecule has 1 aromatic carbocycles. The molecule has 0 saturated carbocycles. The summed E-state index contributed by atoms with van der Waals surface area (Å²) in [7, 11) is 0. The Morgan fingerprint density at radius 2 is 2.19 bits per heavy atom. The molecular weight excluding hydrogens is 342 g/mol. The number of rotatable bonds is 7. The highest BCUT2D eigenvalue weighted by Crippen LogP contribution is 2.29. The van der Waals surface area contributed by atoms with E-state index in [1.165, 1.54) is 15.8 Å². The van der Waals surface area contributed by atoms with Gasteiger partial charge in [0.15, 0.2) is 0 Å². The van der Waals surface area contributed by atoms with Gasteiger partial charge in [-0.05, 0) is 55.7 Å². The first-order valence-electron chi connectivity index (χ1n) is 9.65. The molecule has 26 heavy (non-hydrogen) atoms. The van der Waals surface area contributed by atoms with Crippen LogP contribution in [0, 0.1) is 11.8 Å². The van der Waals surface area contributed by atoms with Gasteiger partial charge in [-0.15, -0.1) is 11.8 Å². The van der Waals surface area contributed by atoms with Crippen molar-refractivity contribution < 1.29 is 5.11 Å². The van der Waals surface area contributed by atoms with Crippen LogP contribution in [0.2, 0.25) is 0 Å². The van der Waals surface area contributed by atoms with E-state index in [2.05, 4.69) is 54.6 Å². The fourth-order valence-corrected chi connectivity index (χ4v) is 4.05. The molecule has 1 atom stereocenters. The van der Waals surface area contributed by atoms with Crippen LogP contribution in [0.25, 0.3) is 10.9 Å². The third-order valence-electron chi connectivity index (χ3n) is 5.03. The van der Waals surface area contributed by atoms with Crippen molar-refractivity contribution in [3.8, 4) is 0 Å². The topological polar surface area (TPSA) is 48.4 Å². The molecule has 0 amide bonds. The van der Waals surface area contributed by atoms with Crippen LogP contribution in [0.5, 0.6) is 0 Å². The largest absolute Gasteiger partial charge is 0.396 e. The van der Waals surface area contributed by atoms with Crippen molar-refractivity contribution in [2.45, 2.75) is 38.1 Å². The van der Waals surface area contributed by atoms with Crippen LogP contribution in [0.4, 0.5) is 5.82 Å². The molecule has 1 aliphatic heterocycles. The molecule has 1 saturated heterocycles. The van der Waals surface area contributed by atoms with Crippen LogP contribution in [0.1, 0.15) is 32.3 Å². The summed E-state index contributed by atoms with van der Waals surface area (Å²) in [6.07, 6.45) is 4.33. The van der Waals surface area contributed by atoms with Gasteiger partial charge in [-0.25, -0.2) is 4.98 Å². The molecule has 2 heterocycles. The van der Waals surface area contributed by atoms with Crippen LogP contribution in [-0.4, -0.2) is 42.6 Å². The molecule has 1 unspecified atom stereocenters. The first kappa shape index (κ1) is 19.5. The Bertz CT molecular complexity index is 735. The van der Waals surface area contributed by atoms with Crippen LogP contribution in [-0.2, 0) is 6.54 Å². The van der Waals surface area contributed by atoms with E-state index < -0.39 is 0 Å². The number of hydrogen-bond donors (Lipinski definition) is 2. The predicted molar refractivity (Wildman–Crippen MR) is 112 cm³/mol. The number of benzene rings is 1. The first-order valence-corrected chi connectivity index (χ1v) is 10.9. The standard InChI is InChI=1S/C21H31N3OS/c1-15(2)11-22-12-18-9-17-6-7-19(26-3)10-20(17)23-21(18)24-8-4-5-16(13-24)14-25/h6-7,9-10,15-16,22,25H,4-5,8,11-14H2,1-3H3. The summed E-state index contributed by atoms with van der Waals surface area (Å²) in [4.78, 5) is 8.69. The van der Waals surface area contributed by atoms with Crippen LogP contribution in [0.15, 0.2) is 29.2 Å². The van der Waals surface area contributed by atoms with Gasteiger partial charge >= 0.3 is 0 Å². The Kier molecular flexibility index (Phi) is 6.79. The van der Waals surface area contributed by atoms with E-state index in [1.54, 1.807) is 11.8 Å². The fraction of sp³-hybridized carbons (Fsp3) is 0.571. The maximum absolute atomic E-state index is 9.61. The Balaban J connectivity index is 1.95. The third-order valence-corrected chi connectivity index (χ3v) is 5.75. The summed E-state index contributed by atoms with van der Waals surface area (Å²) >= 11 is 1.75. The second-order valence-corrected chi connectivity index (χ2v) is 8.57. The number of aliphatic hydroxyl groups excluding tert-OH is 1. The van der Waals surface area contributed by atoms with E-state index in [-0.39, 0.29) is 6.61 Å². The Morgan fingerprint density at radius 1 is 1.35 bits per heavy atom. The van der Waals surface area contributed by atoms with Crippen molar-refractivity contribution in [3.63, 3.8) is 0 Å². The summed E-state index contributed by atoms with van der Waals surface area (Å²) < 4.78 is 0. The van der Waals surface area contributed by atoms with Crippen molar-refractivity contribution in [1.29, 1.82) is 0 Å². The summed E-state index contributed by atoms with van der Waals surface area (Å²) in [5, 5.41) is 14.4. The van der Waals surface area contributed by atoms with Gasteiger partial charge in [0.25, 0.3) is 0 Å². The average Bonchev–Trinajstić information content (AvgIpc) is 2.66. The molecule has 0 bridgehead atoms. The lowest BCUT2D eigenvalue weighted by Gasteiger charge is -2.34. The number of aromatic nitrogens is 1. The van der Waals surface area contributed by atoms with Gasteiger partial charge in [-0.2, -0.15) is 0 Å². The van der Waals surface area contributed by atoms with E-state index in [0.29, 0.717) is 11.8 Å². The SMILES string of the molecule is CSc1ccc2cc(CNCC(C)C)c(N3CCCC(CO)C3)nc2c1. The fourth-order valence-electron chi connectivity index (χ4n) is 3.61. The molecule has 1 aliphatic rings. The van der Waals surface area contributed by atoms with Gasteiger partial charge in [0.2, 0.25) is 0 Å². The molecule has 1 fully saturated rings. The van der Waals surface area contributed by atoms with Gasteiger partial charge in [-0.1, -0.05) is 19.9 Å². The number of pyridine rings is 1. The Morgan fingerprint density at radius 3 is 2.92 bits per heavy atom. The maximum Gasteiger partial charge on any atom is 0.133 e. The van der Waals surface area contributed by atoms with Gasteiger partial charge < -0.3 is 15.3 Å². The number of piperidine rings is 1. The summed E-state index contributed by atoms with van der Waals surface area (Å²) in [5.74, 6) is 2.07. The quantitative estimate of drug-likeness (QED) is 0.721. The van der Waals surface area contributed by atoms with Gasteiger partial charge in [-0.3, -0.25) is 0 Å². The second-order valence-electron chi connectivity index (χ2n) is 7.69. The zero-order chi connectivity index (χ0) is 18.5. The molecule has 5 heteroatoms. The van der Waals surface area contributed by atoms with E-state index in [0.717, 1.165) is 50.4 Å². The maximum atomic E-state index is 9.61. The number of thioether (sulfide) groups is 1. The number of hydrogen-bond acceptors (Lipinski definition) is 5. The number of fused-ring (bicyclic) bond motifs is 1. The molecule has 0 spiro atoms. The third kappa shape index (κ3) is 4.70. The van der Waals surface area contributed by atoms with Crippen molar-refractivity contribution in [1.82, 2.24) is 10.3 Å².